The first-order valence-electron chi connectivity index (χ1n) is 4.31. The summed E-state index contributed by atoms with van der Waals surface area (Å²) in [6.07, 6.45) is -3.23. The Balaban J connectivity index is 2.91. The van der Waals surface area contributed by atoms with Crippen molar-refractivity contribution in [1.82, 2.24) is 4.98 Å². The number of halogens is 4. The van der Waals surface area contributed by atoms with Crippen molar-refractivity contribution in [3.8, 4) is 0 Å². The van der Waals surface area contributed by atoms with Gasteiger partial charge in [-0.1, -0.05) is 17.7 Å². The van der Waals surface area contributed by atoms with Gasteiger partial charge in [-0.25, -0.2) is 0 Å². The van der Waals surface area contributed by atoms with Gasteiger partial charge in [0.05, 0.1) is 28.0 Å². The molecule has 16 heavy (non-hydrogen) atoms. The third kappa shape index (κ3) is 1.67. The zero-order valence-electron chi connectivity index (χ0n) is 7.85. The topological polar surface area (TPSA) is 38.9 Å². The molecule has 0 aliphatic carbocycles. The summed E-state index contributed by atoms with van der Waals surface area (Å²) in [5, 5.41) is -0.269. The van der Waals surface area contributed by atoms with Crippen LogP contribution >= 0.6 is 11.6 Å². The average molecular weight is 247 g/mol. The number of benzene rings is 1. The van der Waals surface area contributed by atoms with Crippen LogP contribution in [0.2, 0.25) is 5.02 Å². The summed E-state index contributed by atoms with van der Waals surface area (Å²) in [5.74, 6) is 0. The Morgan fingerprint density at radius 1 is 1.25 bits per heavy atom. The van der Waals surface area contributed by atoms with Gasteiger partial charge in [-0.15, -0.1) is 0 Å². The molecule has 1 aromatic heterocycles. The summed E-state index contributed by atoms with van der Waals surface area (Å²) in [5.41, 5.74) is 4.82. The number of nitrogens with two attached hydrogens (primary N) is 1. The van der Waals surface area contributed by atoms with Crippen molar-refractivity contribution in [2.75, 3.05) is 5.73 Å². The lowest BCUT2D eigenvalue weighted by Crippen LogP contribution is -2.06. The number of nitrogens with zero attached hydrogens (tertiary/aromatic N) is 1. The van der Waals surface area contributed by atoms with Crippen LogP contribution in [0, 0.1) is 0 Å². The van der Waals surface area contributed by atoms with Crippen LogP contribution in [0.3, 0.4) is 0 Å². The summed E-state index contributed by atoms with van der Waals surface area (Å²) in [4.78, 5) is 3.81. The van der Waals surface area contributed by atoms with E-state index in [1.807, 2.05) is 0 Å². The number of pyridine rings is 1. The molecule has 1 heterocycles. The third-order valence-corrected chi connectivity index (χ3v) is 2.57. The van der Waals surface area contributed by atoms with E-state index < -0.39 is 11.7 Å². The number of alkyl halides is 3. The molecule has 0 spiro atoms. The number of nitrogen functional groups attached to an aromatic ring is 1. The van der Waals surface area contributed by atoms with Crippen LogP contribution in [0.4, 0.5) is 18.9 Å². The molecule has 6 heteroatoms. The van der Waals surface area contributed by atoms with E-state index in [1.54, 1.807) is 0 Å². The summed E-state index contributed by atoms with van der Waals surface area (Å²) in [7, 11) is 0. The van der Waals surface area contributed by atoms with Crippen LogP contribution in [0.15, 0.2) is 24.4 Å². The van der Waals surface area contributed by atoms with E-state index in [0.29, 0.717) is 0 Å². The highest BCUT2D eigenvalue weighted by atomic mass is 35.5. The fraction of sp³-hybridized carbons (Fsp3) is 0.100. The van der Waals surface area contributed by atoms with Gasteiger partial charge < -0.3 is 5.73 Å². The third-order valence-electron chi connectivity index (χ3n) is 2.16. The minimum atomic E-state index is -4.47. The maximum Gasteiger partial charge on any atom is 0.417 e. The minimum absolute atomic E-state index is 0.0332. The van der Waals surface area contributed by atoms with Crippen LogP contribution in [-0.2, 0) is 6.18 Å². The highest BCUT2D eigenvalue weighted by molar-refractivity contribution is 6.38. The van der Waals surface area contributed by atoms with E-state index in [9.17, 15) is 13.2 Å². The van der Waals surface area contributed by atoms with Crippen molar-refractivity contribution in [3.63, 3.8) is 0 Å². The van der Waals surface area contributed by atoms with Crippen LogP contribution in [0.25, 0.3) is 10.9 Å². The smallest absolute Gasteiger partial charge is 0.396 e. The summed E-state index contributed by atoms with van der Waals surface area (Å²) >= 11 is 5.77. The molecule has 0 saturated heterocycles. The molecule has 0 atom stereocenters. The van der Waals surface area contributed by atoms with Crippen LogP contribution in [0.1, 0.15) is 5.56 Å². The molecule has 2 nitrogen and oxygen atoms in total. The van der Waals surface area contributed by atoms with Crippen molar-refractivity contribution in [2.45, 2.75) is 6.18 Å². The van der Waals surface area contributed by atoms with Gasteiger partial charge in [-0.3, -0.25) is 4.98 Å². The molecule has 0 saturated carbocycles. The Labute approximate surface area is 93.8 Å². The zero-order valence-corrected chi connectivity index (χ0v) is 8.60. The van der Waals surface area contributed by atoms with Crippen molar-refractivity contribution in [2.24, 2.45) is 0 Å². The van der Waals surface area contributed by atoms with Gasteiger partial charge in [-0.2, -0.15) is 13.2 Å². The van der Waals surface area contributed by atoms with Crippen LogP contribution in [0.5, 0.6) is 0 Å². The van der Waals surface area contributed by atoms with Gasteiger partial charge in [0.2, 0.25) is 0 Å². The molecule has 2 aromatic rings. The average Bonchev–Trinajstić information content (AvgIpc) is 2.21. The standard InChI is InChI=1S/C10H6ClF3N2/c11-9-6(15)4-16-7-3-1-2-5(8(7)9)10(12,13)14/h1-4H,15H2. The Hall–Kier alpha value is -1.49. The number of hydrogen-bond donors (Lipinski definition) is 1. The maximum absolute atomic E-state index is 12.7. The fourth-order valence-corrected chi connectivity index (χ4v) is 1.70. The Morgan fingerprint density at radius 3 is 2.56 bits per heavy atom. The molecular weight excluding hydrogens is 241 g/mol. The molecule has 1 aromatic carbocycles. The molecule has 2 rings (SSSR count). The first-order chi connectivity index (χ1) is 7.41. The number of anilines is 1. The van der Waals surface area contributed by atoms with E-state index >= 15 is 0 Å². The number of rotatable bonds is 0. The Bertz CT molecular complexity index is 551. The maximum atomic E-state index is 12.7. The number of aromatic nitrogens is 1. The molecular formula is C10H6ClF3N2. The van der Waals surface area contributed by atoms with Crippen LogP contribution < -0.4 is 5.73 Å². The van der Waals surface area contributed by atoms with Gasteiger partial charge >= 0.3 is 6.18 Å². The SMILES string of the molecule is Nc1cnc2cccc(C(F)(F)F)c2c1Cl. The van der Waals surface area contributed by atoms with E-state index in [2.05, 4.69) is 4.98 Å². The monoisotopic (exact) mass is 246 g/mol. The lowest BCUT2D eigenvalue weighted by molar-refractivity contribution is -0.136. The number of hydrogen-bond acceptors (Lipinski definition) is 2. The van der Waals surface area contributed by atoms with E-state index in [4.69, 9.17) is 17.3 Å². The first kappa shape index (κ1) is 11.0. The molecule has 0 amide bonds. The lowest BCUT2D eigenvalue weighted by atomic mass is 10.1. The van der Waals surface area contributed by atoms with Gasteiger partial charge in [0.25, 0.3) is 0 Å². The Morgan fingerprint density at radius 2 is 1.94 bits per heavy atom. The first-order valence-corrected chi connectivity index (χ1v) is 4.69. The normalized spacial score (nSPS) is 12.0. The highest BCUT2D eigenvalue weighted by Gasteiger charge is 2.33. The molecule has 0 aliphatic heterocycles. The van der Waals surface area contributed by atoms with E-state index in [0.717, 1.165) is 6.07 Å². The molecule has 84 valence electrons. The lowest BCUT2D eigenvalue weighted by Gasteiger charge is -2.11. The predicted octanol–water partition coefficient (Wildman–Crippen LogP) is 3.49. The minimum Gasteiger partial charge on any atom is -0.396 e. The second-order valence-electron chi connectivity index (χ2n) is 3.22. The van der Waals surface area contributed by atoms with Gasteiger partial charge in [0.1, 0.15) is 0 Å². The summed E-state index contributed by atoms with van der Waals surface area (Å²) in [6, 6.07) is 3.69. The van der Waals surface area contributed by atoms with E-state index in [-0.39, 0.29) is 21.6 Å². The van der Waals surface area contributed by atoms with Crippen LogP contribution in [-0.4, -0.2) is 4.98 Å². The molecule has 0 unspecified atom stereocenters. The fourth-order valence-electron chi connectivity index (χ4n) is 1.45. The molecule has 0 bridgehead atoms. The highest BCUT2D eigenvalue weighted by Crippen LogP contribution is 2.38. The summed E-state index contributed by atoms with van der Waals surface area (Å²) < 4.78 is 38.1. The number of fused-ring (bicyclic) bond motifs is 1. The van der Waals surface area contributed by atoms with Crippen molar-refractivity contribution in [3.05, 3.63) is 35.0 Å². The molecule has 2 N–H and O–H groups in total. The predicted molar refractivity (Wildman–Crippen MR) is 56.2 cm³/mol. The quantitative estimate of drug-likeness (QED) is 0.773. The van der Waals surface area contributed by atoms with Crippen molar-refractivity contribution >= 4 is 28.2 Å². The second-order valence-corrected chi connectivity index (χ2v) is 3.60. The molecule has 0 aliphatic rings. The van der Waals surface area contributed by atoms with Crippen molar-refractivity contribution < 1.29 is 13.2 Å². The summed E-state index contributed by atoms with van der Waals surface area (Å²) in [6.45, 7) is 0. The second kappa shape index (κ2) is 3.52. The van der Waals surface area contributed by atoms with Gasteiger partial charge in [0, 0.05) is 5.39 Å². The van der Waals surface area contributed by atoms with Gasteiger partial charge in [-0.05, 0) is 12.1 Å². The zero-order chi connectivity index (χ0) is 11.9. The molecule has 0 fully saturated rings. The Kier molecular flexibility index (Phi) is 2.42. The van der Waals surface area contributed by atoms with Crippen molar-refractivity contribution in [1.29, 1.82) is 0 Å². The largest absolute Gasteiger partial charge is 0.417 e. The van der Waals surface area contributed by atoms with E-state index in [1.165, 1.54) is 18.3 Å². The van der Waals surface area contributed by atoms with Gasteiger partial charge in [0.15, 0.2) is 0 Å². The molecule has 0 radical (unpaired) electrons.